The van der Waals surface area contributed by atoms with Crippen LogP contribution in [0.3, 0.4) is 0 Å². The topological polar surface area (TPSA) is 56.5 Å². The van der Waals surface area contributed by atoms with Gasteiger partial charge in [-0.2, -0.15) is 0 Å². The summed E-state index contributed by atoms with van der Waals surface area (Å²) < 4.78 is 8.11. The highest BCUT2D eigenvalue weighted by Gasteiger charge is 2.15. The summed E-state index contributed by atoms with van der Waals surface area (Å²) in [5.41, 5.74) is 1.69. The van der Waals surface area contributed by atoms with Crippen LogP contribution >= 0.6 is 50.2 Å². The standard InChI is InChI=1S/C16H9BrClN3O2S2/c17-9-3-13(24-7-9)15-20-12(8-25-15)16(22)23-6-11-5-21-4-10(18)1-2-14(21)19-11/h1-5,7-8H,6H2. The second-order valence-electron chi connectivity index (χ2n) is 5.09. The summed E-state index contributed by atoms with van der Waals surface area (Å²) in [6.07, 6.45) is 3.53. The molecule has 0 N–H and O–H groups in total. The van der Waals surface area contributed by atoms with Crippen molar-refractivity contribution in [1.29, 1.82) is 0 Å². The Hall–Kier alpha value is -1.74. The van der Waals surface area contributed by atoms with E-state index in [9.17, 15) is 4.79 Å². The maximum Gasteiger partial charge on any atom is 0.358 e. The van der Waals surface area contributed by atoms with Crippen molar-refractivity contribution in [3.05, 3.63) is 62.2 Å². The van der Waals surface area contributed by atoms with Crippen molar-refractivity contribution < 1.29 is 9.53 Å². The predicted molar refractivity (Wildman–Crippen MR) is 102 cm³/mol. The van der Waals surface area contributed by atoms with Gasteiger partial charge in [0, 0.05) is 27.6 Å². The molecule has 25 heavy (non-hydrogen) atoms. The fourth-order valence-electron chi connectivity index (χ4n) is 2.21. The van der Waals surface area contributed by atoms with Gasteiger partial charge < -0.3 is 9.14 Å². The van der Waals surface area contributed by atoms with Crippen LogP contribution in [0, 0.1) is 0 Å². The number of carbonyl (C=O) groups excluding carboxylic acids is 1. The highest BCUT2D eigenvalue weighted by molar-refractivity contribution is 9.10. The van der Waals surface area contributed by atoms with E-state index >= 15 is 0 Å². The number of imidazole rings is 1. The second-order valence-corrected chi connectivity index (χ2v) is 8.21. The van der Waals surface area contributed by atoms with E-state index in [1.165, 1.54) is 11.3 Å². The van der Waals surface area contributed by atoms with Crippen LogP contribution in [0.2, 0.25) is 5.02 Å². The third-order valence-corrected chi connectivity index (χ3v) is 6.23. The average molecular weight is 455 g/mol. The zero-order valence-corrected chi connectivity index (χ0v) is 16.5. The lowest BCUT2D eigenvalue weighted by atomic mass is 10.4. The molecule has 126 valence electrons. The fourth-order valence-corrected chi connectivity index (χ4v) is 4.67. The van der Waals surface area contributed by atoms with Crippen molar-refractivity contribution in [3.8, 4) is 9.88 Å². The van der Waals surface area contributed by atoms with Gasteiger partial charge in [0.1, 0.15) is 17.3 Å². The van der Waals surface area contributed by atoms with Gasteiger partial charge in [0.2, 0.25) is 0 Å². The fraction of sp³-hybridized carbons (Fsp3) is 0.0625. The Balaban J connectivity index is 1.45. The zero-order valence-electron chi connectivity index (χ0n) is 12.5. The molecule has 9 heteroatoms. The van der Waals surface area contributed by atoms with Crippen LogP contribution in [0.1, 0.15) is 16.2 Å². The summed E-state index contributed by atoms with van der Waals surface area (Å²) >= 11 is 12.3. The van der Waals surface area contributed by atoms with E-state index in [-0.39, 0.29) is 6.61 Å². The third-order valence-electron chi connectivity index (χ3n) is 3.31. The first-order chi connectivity index (χ1) is 12.1. The second kappa shape index (κ2) is 6.87. The molecule has 0 saturated heterocycles. The molecule has 4 aromatic heterocycles. The number of aromatic nitrogens is 3. The number of pyridine rings is 1. The lowest BCUT2D eigenvalue weighted by molar-refractivity contribution is 0.0462. The Morgan fingerprint density at radius 2 is 2.12 bits per heavy atom. The van der Waals surface area contributed by atoms with Crippen molar-refractivity contribution in [1.82, 2.24) is 14.4 Å². The van der Waals surface area contributed by atoms with E-state index in [2.05, 4.69) is 25.9 Å². The average Bonchev–Trinajstić information content (AvgIpc) is 3.30. The van der Waals surface area contributed by atoms with Gasteiger partial charge in [-0.15, -0.1) is 22.7 Å². The number of thiophene rings is 1. The van der Waals surface area contributed by atoms with E-state index in [4.69, 9.17) is 16.3 Å². The zero-order chi connectivity index (χ0) is 17.4. The molecule has 0 aliphatic rings. The molecule has 0 saturated carbocycles. The molecule has 4 aromatic rings. The number of ether oxygens (including phenoxy) is 1. The number of hydrogen-bond donors (Lipinski definition) is 0. The summed E-state index contributed by atoms with van der Waals surface area (Å²) in [4.78, 5) is 21.9. The molecule has 5 nitrogen and oxygen atoms in total. The van der Waals surface area contributed by atoms with Crippen molar-refractivity contribution in [2.75, 3.05) is 0 Å². The molecule has 4 rings (SSSR count). The summed E-state index contributed by atoms with van der Waals surface area (Å²) in [6, 6.07) is 5.54. The van der Waals surface area contributed by atoms with Gasteiger partial charge in [-0.05, 0) is 34.1 Å². The SMILES string of the molecule is O=C(OCc1cn2cc(Cl)ccc2n1)c1csc(-c2cc(Br)cs2)n1. The van der Waals surface area contributed by atoms with Crippen LogP contribution in [0.25, 0.3) is 15.5 Å². The van der Waals surface area contributed by atoms with Crippen LogP contribution < -0.4 is 0 Å². The molecular formula is C16H9BrClN3O2S2. The maximum atomic E-state index is 12.2. The number of carbonyl (C=O) groups is 1. The minimum Gasteiger partial charge on any atom is -0.454 e. The van der Waals surface area contributed by atoms with E-state index in [0.717, 1.165) is 20.0 Å². The molecule has 0 atom stereocenters. The van der Waals surface area contributed by atoms with Crippen LogP contribution in [0.15, 0.2) is 45.8 Å². The number of rotatable bonds is 4. The highest BCUT2D eigenvalue weighted by Crippen LogP contribution is 2.32. The van der Waals surface area contributed by atoms with Crippen LogP contribution in [0.4, 0.5) is 0 Å². The molecule has 0 bridgehead atoms. The molecule has 0 radical (unpaired) electrons. The molecule has 0 spiro atoms. The van der Waals surface area contributed by atoms with E-state index in [1.807, 2.05) is 11.4 Å². The van der Waals surface area contributed by atoms with Crippen molar-refractivity contribution >= 4 is 61.8 Å². The number of fused-ring (bicyclic) bond motifs is 1. The molecule has 0 aromatic carbocycles. The third kappa shape index (κ3) is 3.62. The Kier molecular flexibility index (Phi) is 4.60. The Bertz CT molecular complexity index is 1070. The number of thiazole rings is 1. The smallest absolute Gasteiger partial charge is 0.358 e. The molecule has 0 aliphatic heterocycles. The number of hydrogen-bond acceptors (Lipinski definition) is 6. The van der Waals surface area contributed by atoms with Gasteiger partial charge in [0.05, 0.1) is 15.6 Å². The minimum atomic E-state index is -0.465. The summed E-state index contributed by atoms with van der Waals surface area (Å²) in [7, 11) is 0. The summed E-state index contributed by atoms with van der Waals surface area (Å²) in [6.45, 7) is 0.0789. The van der Waals surface area contributed by atoms with E-state index in [1.54, 1.807) is 45.6 Å². The van der Waals surface area contributed by atoms with Crippen molar-refractivity contribution in [2.24, 2.45) is 0 Å². The van der Waals surface area contributed by atoms with Crippen LogP contribution in [0.5, 0.6) is 0 Å². The lowest BCUT2D eigenvalue weighted by Crippen LogP contribution is -2.05. The van der Waals surface area contributed by atoms with Gasteiger partial charge in [-0.1, -0.05) is 11.6 Å². The monoisotopic (exact) mass is 453 g/mol. The molecule has 0 fully saturated rings. The van der Waals surface area contributed by atoms with Gasteiger partial charge >= 0.3 is 5.97 Å². The van der Waals surface area contributed by atoms with Crippen LogP contribution in [-0.4, -0.2) is 20.3 Å². The van der Waals surface area contributed by atoms with Crippen molar-refractivity contribution in [2.45, 2.75) is 6.61 Å². The first-order valence-electron chi connectivity index (χ1n) is 7.09. The largest absolute Gasteiger partial charge is 0.454 e. The van der Waals surface area contributed by atoms with Crippen LogP contribution in [-0.2, 0) is 11.3 Å². The number of nitrogens with zero attached hydrogens (tertiary/aromatic N) is 3. The first-order valence-corrected chi connectivity index (χ1v) is 10.0. The quantitative estimate of drug-likeness (QED) is 0.393. The molecule has 0 unspecified atom stereocenters. The Morgan fingerprint density at radius 3 is 2.92 bits per heavy atom. The van der Waals surface area contributed by atoms with Crippen molar-refractivity contribution in [3.63, 3.8) is 0 Å². The molecular weight excluding hydrogens is 446 g/mol. The first kappa shape index (κ1) is 16.7. The highest BCUT2D eigenvalue weighted by atomic mass is 79.9. The van der Waals surface area contributed by atoms with Gasteiger partial charge in [-0.25, -0.2) is 14.8 Å². The maximum absolute atomic E-state index is 12.2. The molecule has 0 amide bonds. The van der Waals surface area contributed by atoms with Gasteiger partial charge in [0.25, 0.3) is 0 Å². The molecule has 4 heterocycles. The van der Waals surface area contributed by atoms with Gasteiger partial charge in [-0.3, -0.25) is 0 Å². The number of esters is 1. The minimum absolute atomic E-state index is 0.0789. The molecule has 0 aliphatic carbocycles. The number of halogens is 2. The van der Waals surface area contributed by atoms with E-state index in [0.29, 0.717) is 16.4 Å². The summed E-state index contributed by atoms with van der Waals surface area (Å²) in [5, 5.41) is 5.09. The normalized spacial score (nSPS) is 11.1. The van der Waals surface area contributed by atoms with Gasteiger partial charge in [0.15, 0.2) is 5.69 Å². The summed E-state index contributed by atoms with van der Waals surface area (Å²) in [5.74, 6) is -0.465. The Labute approximate surface area is 164 Å². The lowest BCUT2D eigenvalue weighted by Gasteiger charge is -1.99. The predicted octanol–water partition coefficient (Wildman–Crippen LogP) is 5.29. The van der Waals surface area contributed by atoms with E-state index < -0.39 is 5.97 Å². The Morgan fingerprint density at radius 1 is 1.24 bits per heavy atom.